The number of hydrogen-bond acceptors (Lipinski definition) is 5. The van der Waals surface area contributed by atoms with Crippen LogP contribution in [0.4, 0.5) is 11.4 Å². The summed E-state index contributed by atoms with van der Waals surface area (Å²) in [6, 6.07) is 25.3. The van der Waals surface area contributed by atoms with Crippen molar-refractivity contribution in [2.24, 2.45) is 0 Å². The van der Waals surface area contributed by atoms with Gasteiger partial charge < -0.3 is 14.7 Å². The number of rotatable bonds is 11. The fraction of sp³-hybridized carbons (Fsp3) is 0.282. The number of ether oxygens (including phenoxy) is 1. The van der Waals surface area contributed by atoms with E-state index in [4.69, 9.17) is 4.74 Å². The van der Waals surface area contributed by atoms with E-state index in [0.29, 0.717) is 25.1 Å². The topological polar surface area (TPSA) is 93.6 Å². The SMILES string of the molecule is Cc1ccc2c(c1)C(C)(C)C(/C=C/C(C#N)=C/C=C1/N(CCOC=O)c3ccc(-c4ccccc4)cc3C1(C)C)=[N+]2CCC(=O)O. The maximum absolute atomic E-state index is 11.5. The number of fused-ring (bicyclic) bond motifs is 2. The number of aliphatic carboxylic acids is 1. The smallest absolute Gasteiger partial charge is 0.309 e. The zero-order chi connectivity index (χ0) is 33.1. The molecule has 3 aromatic rings. The van der Waals surface area contributed by atoms with Gasteiger partial charge in [0.1, 0.15) is 13.0 Å². The molecule has 7 nitrogen and oxygen atoms in total. The lowest BCUT2D eigenvalue weighted by Gasteiger charge is -2.26. The molecule has 0 atom stereocenters. The molecule has 234 valence electrons. The lowest BCUT2D eigenvalue weighted by atomic mass is 9.80. The van der Waals surface area contributed by atoms with E-state index in [0.717, 1.165) is 50.6 Å². The first-order chi connectivity index (χ1) is 22.0. The number of carbonyl (C=O) groups excluding carboxylic acids is 1. The molecule has 3 aromatic carbocycles. The van der Waals surface area contributed by atoms with Crippen molar-refractivity contribution in [1.82, 2.24) is 0 Å². The number of benzene rings is 3. The van der Waals surface area contributed by atoms with E-state index < -0.39 is 11.4 Å². The Hall–Kier alpha value is -5.22. The molecule has 2 heterocycles. The van der Waals surface area contributed by atoms with Crippen LogP contribution in [-0.4, -0.2) is 47.5 Å². The van der Waals surface area contributed by atoms with Gasteiger partial charge in [-0.1, -0.05) is 61.9 Å². The van der Waals surface area contributed by atoms with Crippen molar-refractivity contribution in [1.29, 1.82) is 5.26 Å². The van der Waals surface area contributed by atoms with E-state index in [-0.39, 0.29) is 18.4 Å². The minimum Gasteiger partial charge on any atom is -0.481 e. The largest absolute Gasteiger partial charge is 0.481 e. The zero-order valence-corrected chi connectivity index (χ0v) is 27.1. The Kier molecular flexibility index (Phi) is 9.11. The van der Waals surface area contributed by atoms with Crippen molar-refractivity contribution in [3.05, 3.63) is 119 Å². The number of carbonyl (C=O) groups is 2. The second kappa shape index (κ2) is 13.0. The Morgan fingerprint density at radius 2 is 1.76 bits per heavy atom. The lowest BCUT2D eigenvalue weighted by molar-refractivity contribution is -0.436. The fourth-order valence-corrected chi connectivity index (χ4v) is 6.62. The quantitative estimate of drug-likeness (QED) is 0.0797. The van der Waals surface area contributed by atoms with Gasteiger partial charge in [0.2, 0.25) is 5.69 Å². The molecule has 1 N–H and O–H groups in total. The van der Waals surface area contributed by atoms with Gasteiger partial charge in [-0.2, -0.15) is 9.84 Å². The molecule has 0 fully saturated rings. The van der Waals surface area contributed by atoms with Crippen LogP contribution in [0.1, 0.15) is 50.8 Å². The molecule has 0 bridgehead atoms. The van der Waals surface area contributed by atoms with E-state index in [1.165, 1.54) is 0 Å². The number of hydrogen-bond donors (Lipinski definition) is 1. The summed E-state index contributed by atoms with van der Waals surface area (Å²) < 4.78 is 7.15. The Bertz CT molecular complexity index is 1840. The van der Waals surface area contributed by atoms with Crippen molar-refractivity contribution >= 4 is 29.5 Å². The minimum atomic E-state index is -0.856. The molecule has 0 saturated heterocycles. The van der Waals surface area contributed by atoms with Gasteiger partial charge in [0.25, 0.3) is 6.47 Å². The number of nitrogens with zero attached hydrogens (tertiary/aromatic N) is 3. The zero-order valence-electron chi connectivity index (χ0n) is 27.1. The summed E-state index contributed by atoms with van der Waals surface area (Å²) in [5.41, 5.74) is 9.33. The summed E-state index contributed by atoms with van der Waals surface area (Å²) in [4.78, 5) is 24.6. The lowest BCUT2D eigenvalue weighted by Crippen LogP contribution is -2.29. The van der Waals surface area contributed by atoms with Gasteiger partial charge >= 0.3 is 5.97 Å². The third kappa shape index (κ3) is 6.16. The van der Waals surface area contributed by atoms with Crippen LogP contribution in [0.25, 0.3) is 11.1 Å². The average Bonchev–Trinajstić information content (AvgIpc) is 3.38. The average molecular weight is 615 g/mol. The van der Waals surface area contributed by atoms with Crippen molar-refractivity contribution in [3.8, 4) is 17.2 Å². The van der Waals surface area contributed by atoms with Crippen LogP contribution >= 0.6 is 0 Å². The predicted molar refractivity (Wildman–Crippen MR) is 181 cm³/mol. The standard InChI is InChI=1S/C39H39N3O4/c1-27-11-15-33-31(23-27)38(2,3)35(41(33)20-19-37(44)45)17-12-28(25-40)13-18-36-39(4,5)32-24-30(29-9-7-6-8-10-29)14-16-34(32)42(36)21-22-46-26-43/h6-18,23-24,26H,19-22H2,1-5H3/p+1. The molecule has 0 aromatic heterocycles. The van der Waals surface area contributed by atoms with Crippen molar-refractivity contribution in [2.45, 2.75) is 51.9 Å². The molecule has 0 aliphatic carbocycles. The molecule has 46 heavy (non-hydrogen) atoms. The first kappa shape index (κ1) is 32.2. The maximum atomic E-state index is 11.5. The van der Waals surface area contributed by atoms with Crippen LogP contribution in [0.15, 0.2) is 102 Å². The molecule has 0 saturated carbocycles. The first-order valence-corrected chi connectivity index (χ1v) is 15.5. The van der Waals surface area contributed by atoms with Crippen LogP contribution in [0, 0.1) is 18.3 Å². The number of carboxylic acids is 1. The highest BCUT2D eigenvalue weighted by molar-refractivity contribution is 6.03. The molecule has 7 heteroatoms. The second-order valence-corrected chi connectivity index (χ2v) is 12.8. The number of aryl methyl sites for hydroxylation is 1. The van der Waals surface area contributed by atoms with Crippen molar-refractivity contribution in [3.63, 3.8) is 0 Å². The third-order valence-electron chi connectivity index (χ3n) is 9.07. The highest BCUT2D eigenvalue weighted by atomic mass is 16.5. The molecule has 2 aliphatic rings. The molecule has 0 amide bonds. The number of allylic oxidation sites excluding steroid dienone is 6. The molecule has 2 aliphatic heterocycles. The van der Waals surface area contributed by atoms with E-state index in [9.17, 15) is 20.0 Å². The molecular weight excluding hydrogens is 574 g/mol. The predicted octanol–water partition coefficient (Wildman–Crippen LogP) is 7.37. The Balaban J connectivity index is 1.53. The monoisotopic (exact) mass is 614 g/mol. The summed E-state index contributed by atoms with van der Waals surface area (Å²) in [5.74, 6) is -0.856. The summed E-state index contributed by atoms with van der Waals surface area (Å²) >= 11 is 0. The van der Waals surface area contributed by atoms with E-state index >= 15 is 0 Å². The second-order valence-electron chi connectivity index (χ2n) is 12.8. The fourth-order valence-electron chi connectivity index (χ4n) is 6.62. The number of nitriles is 1. The molecule has 0 radical (unpaired) electrons. The van der Waals surface area contributed by atoms with Gasteiger partial charge in [-0.15, -0.1) is 0 Å². The molecule has 0 spiro atoms. The third-order valence-corrected chi connectivity index (χ3v) is 9.07. The summed E-state index contributed by atoms with van der Waals surface area (Å²) in [6.07, 6.45) is 7.56. The van der Waals surface area contributed by atoms with Gasteiger partial charge in [-0.05, 0) is 73.9 Å². The van der Waals surface area contributed by atoms with Crippen LogP contribution < -0.4 is 4.90 Å². The van der Waals surface area contributed by atoms with Gasteiger partial charge in [0.15, 0.2) is 12.3 Å². The molecule has 0 unspecified atom stereocenters. The molecule has 5 rings (SSSR count). The van der Waals surface area contributed by atoms with Crippen LogP contribution in [0.3, 0.4) is 0 Å². The Labute approximate surface area is 271 Å². The first-order valence-electron chi connectivity index (χ1n) is 15.5. The Morgan fingerprint density at radius 1 is 1.00 bits per heavy atom. The van der Waals surface area contributed by atoms with Crippen LogP contribution in [-0.2, 0) is 25.2 Å². The van der Waals surface area contributed by atoms with Gasteiger partial charge in [-0.3, -0.25) is 9.59 Å². The van der Waals surface area contributed by atoms with Gasteiger partial charge in [0.05, 0.1) is 23.6 Å². The van der Waals surface area contributed by atoms with Gasteiger partial charge in [-0.25, -0.2) is 0 Å². The highest BCUT2D eigenvalue weighted by Gasteiger charge is 2.44. The van der Waals surface area contributed by atoms with Crippen molar-refractivity contribution < 1.29 is 24.0 Å². The maximum Gasteiger partial charge on any atom is 0.309 e. The Morgan fingerprint density at radius 3 is 2.46 bits per heavy atom. The number of carboxylic acid groups (broad SMARTS) is 1. The van der Waals surface area contributed by atoms with Crippen LogP contribution in [0.5, 0.6) is 0 Å². The summed E-state index contributed by atoms with van der Waals surface area (Å²) in [5, 5.41) is 19.6. The highest BCUT2D eigenvalue weighted by Crippen LogP contribution is 2.49. The number of anilines is 1. The summed E-state index contributed by atoms with van der Waals surface area (Å²) in [7, 11) is 0. The normalized spacial score (nSPS) is 17.3. The van der Waals surface area contributed by atoms with Gasteiger partial charge in [0, 0.05) is 34.5 Å². The summed E-state index contributed by atoms with van der Waals surface area (Å²) in [6.45, 7) is 12.1. The van der Waals surface area contributed by atoms with Crippen LogP contribution in [0.2, 0.25) is 0 Å². The molecular formula is C39H40N3O4+. The van der Waals surface area contributed by atoms with E-state index in [1.807, 2.05) is 54.6 Å². The minimum absolute atomic E-state index is 0.000931. The van der Waals surface area contributed by atoms with E-state index in [2.05, 4.69) is 86.6 Å². The van der Waals surface area contributed by atoms with Crippen molar-refractivity contribution in [2.75, 3.05) is 24.6 Å². The van der Waals surface area contributed by atoms with E-state index in [1.54, 1.807) is 0 Å².